The van der Waals surface area contributed by atoms with Gasteiger partial charge in [0.2, 0.25) is 0 Å². The molecule has 0 aliphatic carbocycles. The highest BCUT2D eigenvalue weighted by Crippen LogP contribution is 2.17. The van der Waals surface area contributed by atoms with Crippen molar-refractivity contribution in [2.24, 2.45) is 7.05 Å². The van der Waals surface area contributed by atoms with E-state index in [2.05, 4.69) is 20.6 Å². The van der Waals surface area contributed by atoms with Crippen LogP contribution in [0.2, 0.25) is 0 Å². The summed E-state index contributed by atoms with van der Waals surface area (Å²) in [6.07, 6.45) is 3.45. The SMILES string of the molecule is CC(NC(=O)NCc1nccn1C)c1nc(C(=O)O)cs1. The van der Waals surface area contributed by atoms with Crippen LogP contribution in [0.5, 0.6) is 0 Å². The number of nitrogens with zero attached hydrogens (tertiary/aromatic N) is 3. The minimum absolute atomic E-state index is 0.0166. The molecule has 9 heteroatoms. The molecule has 2 rings (SSSR count). The van der Waals surface area contributed by atoms with Crippen LogP contribution in [0.1, 0.15) is 34.3 Å². The van der Waals surface area contributed by atoms with E-state index >= 15 is 0 Å². The average molecular weight is 309 g/mol. The molecule has 2 aromatic heterocycles. The Hall–Kier alpha value is -2.42. The van der Waals surface area contributed by atoms with Crippen molar-refractivity contribution in [2.45, 2.75) is 19.5 Å². The molecule has 8 nitrogen and oxygen atoms in total. The summed E-state index contributed by atoms with van der Waals surface area (Å²) in [7, 11) is 1.84. The van der Waals surface area contributed by atoms with Crippen LogP contribution in [0.15, 0.2) is 17.8 Å². The first kappa shape index (κ1) is 15.0. The monoisotopic (exact) mass is 309 g/mol. The molecule has 21 heavy (non-hydrogen) atoms. The number of amides is 2. The molecule has 0 aromatic carbocycles. The molecule has 0 saturated carbocycles. The number of aryl methyl sites for hydroxylation is 1. The maximum atomic E-state index is 11.8. The highest BCUT2D eigenvalue weighted by molar-refractivity contribution is 7.09. The zero-order valence-corrected chi connectivity index (χ0v) is 12.3. The molecule has 2 amide bonds. The summed E-state index contributed by atoms with van der Waals surface area (Å²) in [4.78, 5) is 30.6. The first-order chi connectivity index (χ1) is 9.97. The lowest BCUT2D eigenvalue weighted by Crippen LogP contribution is -2.37. The van der Waals surface area contributed by atoms with Gasteiger partial charge in [0.05, 0.1) is 12.6 Å². The van der Waals surface area contributed by atoms with Gasteiger partial charge in [0.15, 0.2) is 5.69 Å². The number of hydrogen-bond acceptors (Lipinski definition) is 5. The average Bonchev–Trinajstić information content (AvgIpc) is 3.05. The van der Waals surface area contributed by atoms with Crippen LogP contribution in [-0.4, -0.2) is 31.6 Å². The van der Waals surface area contributed by atoms with Crippen molar-refractivity contribution in [3.63, 3.8) is 0 Å². The zero-order valence-electron chi connectivity index (χ0n) is 11.5. The van der Waals surface area contributed by atoms with Gasteiger partial charge < -0.3 is 20.3 Å². The number of hydrogen-bond donors (Lipinski definition) is 3. The molecule has 112 valence electrons. The largest absolute Gasteiger partial charge is 0.476 e. The molecule has 1 atom stereocenters. The van der Waals surface area contributed by atoms with E-state index in [1.165, 1.54) is 16.7 Å². The van der Waals surface area contributed by atoms with Crippen molar-refractivity contribution in [2.75, 3.05) is 0 Å². The van der Waals surface area contributed by atoms with E-state index in [-0.39, 0.29) is 17.8 Å². The van der Waals surface area contributed by atoms with Gasteiger partial charge >= 0.3 is 12.0 Å². The fraction of sp³-hybridized carbons (Fsp3) is 0.333. The van der Waals surface area contributed by atoms with Gasteiger partial charge in [-0.3, -0.25) is 0 Å². The van der Waals surface area contributed by atoms with Crippen molar-refractivity contribution in [3.8, 4) is 0 Å². The van der Waals surface area contributed by atoms with E-state index in [0.717, 1.165) is 5.82 Å². The number of aromatic carboxylic acids is 1. The maximum Gasteiger partial charge on any atom is 0.355 e. The van der Waals surface area contributed by atoms with Crippen LogP contribution in [0.3, 0.4) is 0 Å². The Kier molecular flexibility index (Phi) is 4.53. The van der Waals surface area contributed by atoms with E-state index in [4.69, 9.17) is 5.11 Å². The van der Waals surface area contributed by atoms with Crippen molar-refractivity contribution in [3.05, 3.63) is 34.3 Å². The van der Waals surface area contributed by atoms with Crippen LogP contribution in [0.4, 0.5) is 4.79 Å². The predicted octanol–water partition coefficient (Wildman–Crippen LogP) is 1.14. The fourth-order valence-corrected chi connectivity index (χ4v) is 2.42. The molecule has 0 aliphatic rings. The molecule has 2 aromatic rings. The Bertz CT molecular complexity index is 651. The molecule has 0 radical (unpaired) electrons. The van der Waals surface area contributed by atoms with Crippen LogP contribution in [-0.2, 0) is 13.6 Å². The van der Waals surface area contributed by atoms with E-state index in [1.807, 2.05) is 11.6 Å². The maximum absolute atomic E-state index is 11.8. The van der Waals surface area contributed by atoms with Gasteiger partial charge in [-0.1, -0.05) is 0 Å². The normalized spacial score (nSPS) is 11.9. The summed E-state index contributed by atoms with van der Waals surface area (Å²) in [5, 5.41) is 16.2. The van der Waals surface area contributed by atoms with Crippen molar-refractivity contribution in [1.29, 1.82) is 0 Å². The predicted molar refractivity (Wildman–Crippen MR) is 76.1 cm³/mol. The van der Waals surface area contributed by atoms with Gasteiger partial charge in [0.1, 0.15) is 10.8 Å². The van der Waals surface area contributed by atoms with E-state index < -0.39 is 5.97 Å². The second-order valence-electron chi connectivity index (χ2n) is 4.38. The molecular formula is C12H15N5O3S. The molecule has 2 heterocycles. The number of imidazole rings is 1. The summed E-state index contributed by atoms with van der Waals surface area (Å²) >= 11 is 1.20. The molecule has 3 N–H and O–H groups in total. The standard InChI is InChI=1S/C12H15N5O3S/c1-7(10-16-8(6-21-10)11(18)19)15-12(20)14-5-9-13-3-4-17(9)2/h3-4,6-7H,5H2,1-2H3,(H,18,19)(H2,14,15,20). The lowest BCUT2D eigenvalue weighted by atomic mass is 10.3. The van der Waals surface area contributed by atoms with Crippen molar-refractivity contribution < 1.29 is 14.7 Å². The quantitative estimate of drug-likeness (QED) is 0.767. The molecule has 0 fully saturated rings. The number of aromatic nitrogens is 3. The molecule has 0 aliphatic heterocycles. The van der Waals surface area contributed by atoms with Crippen LogP contribution in [0, 0.1) is 0 Å². The number of rotatable bonds is 5. The summed E-state index contributed by atoms with van der Waals surface area (Å²) in [5.41, 5.74) is -0.0166. The Morgan fingerprint density at radius 3 is 2.86 bits per heavy atom. The number of thiazole rings is 1. The van der Waals surface area contributed by atoms with Crippen molar-refractivity contribution >= 4 is 23.3 Å². The van der Waals surface area contributed by atoms with E-state index in [0.29, 0.717) is 11.6 Å². The Balaban J connectivity index is 1.86. The number of carbonyl (C=O) groups is 2. The first-order valence-electron chi connectivity index (χ1n) is 6.16. The van der Waals surface area contributed by atoms with Gasteiger partial charge in [-0.2, -0.15) is 0 Å². The molecule has 0 spiro atoms. The minimum atomic E-state index is -1.08. The van der Waals surface area contributed by atoms with Gasteiger partial charge in [-0.05, 0) is 6.92 Å². The summed E-state index contributed by atoms with van der Waals surface area (Å²) in [5.74, 6) is -0.343. The first-order valence-corrected chi connectivity index (χ1v) is 7.04. The number of carboxylic acids is 1. The summed E-state index contributed by atoms with van der Waals surface area (Å²) in [6.45, 7) is 2.05. The van der Waals surface area contributed by atoms with Crippen LogP contribution >= 0.6 is 11.3 Å². The lowest BCUT2D eigenvalue weighted by Gasteiger charge is -2.12. The summed E-state index contributed by atoms with van der Waals surface area (Å²) < 4.78 is 1.81. The minimum Gasteiger partial charge on any atom is -0.476 e. The second-order valence-corrected chi connectivity index (χ2v) is 5.27. The molecule has 0 bridgehead atoms. The fourth-order valence-electron chi connectivity index (χ4n) is 1.62. The second kappa shape index (κ2) is 6.35. The van der Waals surface area contributed by atoms with Crippen LogP contribution < -0.4 is 10.6 Å². The molecule has 1 unspecified atom stereocenters. The van der Waals surface area contributed by atoms with Gasteiger partial charge in [0, 0.05) is 24.8 Å². The van der Waals surface area contributed by atoms with Crippen LogP contribution in [0.25, 0.3) is 0 Å². The Morgan fingerprint density at radius 2 is 2.29 bits per heavy atom. The van der Waals surface area contributed by atoms with E-state index in [1.54, 1.807) is 19.3 Å². The number of carbonyl (C=O) groups excluding carboxylic acids is 1. The smallest absolute Gasteiger partial charge is 0.355 e. The van der Waals surface area contributed by atoms with Gasteiger partial charge in [-0.15, -0.1) is 11.3 Å². The number of urea groups is 1. The highest BCUT2D eigenvalue weighted by atomic mass is 32.1. The number of carboxylic acid groups (broad SMARTS) is 1. The third-order valence-electron chi connectivity index (χ3n) is 2.79. The summed E-state index contributed by atoms with van der Waals surface area (Å²) in [6, 6.07) is -0.734. The van der Waals surface area contributed by atoms with Gasteiger partial charge in [-0.25, -0.2) is 19.6 Å². The number of nitrogens with one attached hydrogen (secondary N) is 2. The topological polar surface area (TPSA) is 109 Å². The van der Waals surface area contributed by atoms with Crippen molar-refractivity contribution in [1.82, 2.24) is 25.2 Å². The highest BCUT2D eigenvalue weighted by Gasteiger charge is 2.16. The molecular weight excluding hydrogens is 294 g/mol. The third kappa shape index (κ3) is 3.78. The van der Waals surface area contributed by atoms with E-state index in [9.17, 15) is 9.59 Å². The zero-order chi connectivity index (χ0) is 15.4. The van der Waals surface area contributed by atoms with Gasteiger partial charge in [0.25, 0.3) is 0 Å². The lowest BCUT2D eigenvalue weighted by molar-refractivity contribution is 0.0691. The Morgan fingerprint density at radius 1 is 1.52 bits per heavy atom. The Labute approximate surface area is 124 Å². The molecule has 0 saturated heterocycles. The third-order valence-corrected chi connectivity index (χ3v) is 3.81.